The summed E-state index contributed by atoms with van der Waals surface area (Å²) in [5, 5.41) is 22.2. The third-order valence-electron chi connectivity index (χ3n) is 5.68. The van der Waals surface area contributed by atoms with Gasteiger partial charge in [-0.15, -0.1) is 10.2 Å². The largest absolute Gasteiger partial charge is 0.496 e. The van der Waals surface area contributed by atoms with Gasteiger partial charge in [-0.05, 0) is 43.5 Å². The molecule has 2 aliphatic heterocycles. The number of aromatic nitrogens is 2. The fraction of sp³-hybridized carbons (Fsp3) is 0.450. The summed E-state index contributed by atoms with van der Waals surface area (Å²) in [7, 11) is 1.63. The summed E-state index contributed by atoms with van der Waals surface area (Å²) < 4.78 is 5.39. The molecule has 0 unspecified atom stereocenters. The molecule has 2 aromatic rings. The molecule has 0 bridgehead atoms. The average Bonchev–Trinajstić information content (AvgIpc) is 2.72. The van der Waals surface area contributed by atoms with Gasteiger partial charge in [0.25, 0.3) is 0 Å². The molecule has 2 atom stereocenters. The SMILES string of the molecule is COc1ccccc1-c1ccc(N2CC[C@@H](O)[C@@]3(CCCNC3=O)C2)nn1. The first kappa shape index (κ1) is 17.7. The first-order valence-corrected chi connectivity index (χ1v) is 9.32. The van der Waals surface area contributed by atoms with Crippen LogP contribution in [0.4, 0.5) is 5.82 Å². The van der Waals surface area contributed by atoms with E-state index in [-0.39, 0.29) is 5.91 Å². The number of ether oxygens (including phenoxy) is 1. The highest BCUT2D eigenvalue weighted by atomic mass is 16.5. The van der Waals surface area contributed by atoms with Crippen LogP contribution in [-0.4, -0.2) is 54.1 Å². The van der Waals surface area contributed by atoms with E-state index in [4.69, 9.17) is 4.74 Å². The molecule has 0 saturated carbocycles. The van der Waals surface area contributed by atoms with Crippen molar-refractivity contribution in [1.29, 1.82) is 0 Å². The van der Waals surface area contributed by atoms with Crippen LogP contribution in [0.25, 0.3) is 11.3 Å². The van der Waals surface area contributed by atoms with Gasteiger partial charge in [-0.2, -0.15) is 0 Å². The second-order valence-electron chi connectivity index (χ2n) is 7.22. The highest BCUT2D eigenvalue weighted by molar-refractivity contribution is 5.85. The molecule has 2 aliphatic rings. The average molecular weight is 368 g/mol. The summed E-state index contributed by atoms with van der Waals surface area (Å²) >= 11 is 0. The van der Waals surface area contributed by atoms with Gasteiger partial charge in [0.2, 0.25) is 5.91 Å². The van der Waals surface area contributed by atoms with Crippen LogP contribution in [0.1, 0.15) is 19.3 Å². The summed E-state index contributed by atoms with van der Waals surface area (Å²) in [6.07, 6.45) is 1.51. The van der Waals surface area contributed by atoms with Crippen LogP contribution in [0.2, 0.25) is 0 Å². The number of anilines is 1. The quantitative estimate of drug-likeness (QED) is 0.856. The van der Waals surface area contributed by atoms with Gasteiger partial charge in [0, 0.05) is 25.2 Å². The molecule has 1 spiro atoms. The summed E-state index contributed by atoms with van der Waals surface area (Å²) in [6.45, 7) is 1.79. The number of nitrogens with zero attached hydrogens (tertiary/aromatic N) is 3. The molecule has 1 aromatic heterocycles. The molecule has 0 aliphatic carbocycles. The number of carbonyl (C=O) groups is 1. The maximum Gasteiger partial charge on any atom is 0.230 e. The maximum absolute atomic E-state index is 12.5. The van der Waals surface area contributed by atoms with Gasteiger partial charge in [0.05, 0.1) is 24.3 Å². The van der Waals surface area contributed by atoms with Crippen molar-refractivity contribution >= 4 is 11.7 Å². The van der Waals surface area contributed by atoms with E-state index in [1.807, 2.05) is 36.4 Å². The van der Waals surface area contributed by atoms with Crippen molar-refractivity contribution in [2.24, 2.45) is 5.41 Å². The van der Waals surface area contributed by atoms with Crippen molar-refractivity contribution < 1.29 is 14.6 Å². The lowest BCUT2D eigenvalue weighted by atomic mass is 9.71. The van der Waals surface area contributed by atoms with Crippen molar-refractivity contribution in [3.63, 3.8) is 0 Å². The van der Waals surface area contributed by atoms with Crippen LogP contribution in [0, 0.1) is 5.41 Å². The van der Waals surface area contributed by atoms with Gasteiger partial charge in [-0.1, -0.05) is 12.1 Å². The number of aliphatic hydroxyl groups is 1. The number of piperidine rings is 2. The van der Waals surface area contributed by atoms with Crippen molar-refractivity contribution in [1.82, 2.24) is 15.5 Å². The number of aliphatic hydroxyl groups excluding tert-OH is 1. The zero-order valence-electron chi connectivity index (χ0n) is 15.4. The van der Waals surface area contributed by atoms with Gasteiger partial charge in [-0.25, -0.2) is 0 Å². The first-order valence-electron chi connectivity index (χ1n) is 9.32. The standard InChI is InChI=1S/C20H24N4O3/c1-27-16-6-3-2-5-14(16)15-7-8-18(23-22-15)24-12-9-17(25)20(13-24)10-4-11-21-19(20)26/h2-3,5-8,17,25H,4,9-13H2,1H3,(H,21,26)/t17-,20-/m1/s1. The smallest absolute Gasteiger partial charge is 0.230 e. The first-order chi connectivity index (χ1) is 13.1. The van der Waals surface area contributed by atoms with Crippen molar-refractivity contribution in [2.75, 3.05) is 31.6 Å². The summed E-state index contributed by atoms with van der Waals surface area (Å²) in [5.41, 5.74) is 0.870. The molecule has 1 amide bonds. The predicted octanol–water partition coefficient (Wildman–Crippen LogP) is 1.62. The third-order valence-corrected chi connectivity index (χ3v) is 5.68. The number of rotatable bonds is 3. The van der Waals surface area contributed by atoms with E-state index in [1.54, 1.807) is 7.11 Å². The minimum Gasteiger partial charge on any atom is -0.496 e. The zero-order chi connectivity index (χ0) is 18.9. The van der Waals surface area contributed by atoms with E-state index in [9.17, 15) is 9.90 Å². The van der Waals surface area contributed by atoms with Gasteiger partial charge in [0.15, 0.2) is 5.82 Å². The maximum atomic E-state index is 12.5. The lowest BCUT2D eigenvalue weighted by Crippen LogP contribution is -2.61. The number of benzene rings is 1. The van der Waals surface area contributed by atoms with E-state index in [1.165, 1.54) is 0 Å². The van der Waals surface area contributed by atoms with Crippen LogP contribution in [0.3, 0.4) is 0 Å². The molecule has 2 N–H and O–H groups in total. The molecule has 4 rings (SSSR count). The van der Waals surface area contributed by atoms with Gasteiger partial charge in [-0.3, -0.25) is 4.79 Å². The fourth-order valence-corrected chi connectivity index (χ4v) is 4.13. The lowest BCUT2D eigenvalue weighted by Gasteiger charge is -2.47. The van der Waals surface area contributed by atoms with Crippen LogP contribution in [0.5, 0.6) is 5.75 Å². The van der Waals surface area contributed by atoms with Crippen LogP contribution < -0.4 is 15.0 Å². The minimum atomic E-state index is -0.750. The minimum absolute atomic E-state index is 0.0513. The Morgan fingerprint density at radius 1 is 1.26 bits per heavy atom. The Labute approximate surface area is 158 Å². The van der Waals surface area contributed by atoms with Gasteiger partial charge in [0.1, 0.15) is 5.75 Å². The van der Waals surface area contributed by atoms with Crippen molar-refractivity contribution in [3.8, 4) is 17.0 Å². The van der Waals surface area contributed by atoms with E-state index in [0.717, 1.165) is 29.2 Å². The number of hydrogen-bond acceptors (Lipinski definition) is 6. The monoisotopic (exact) mass is 368 g/mol. The number of carbonyl (C=O) groups excluding carboxylic acids is 1. The molecule has 1 aromatic carbocycles. The second-order valence-corrected chi connectivity index (χ2v) is 7.22. The van der Waals surface area contributed by atoms with E-state index in [2.05, 4.69) is 20.4 Å². The molecular weight excluding hydrogens is 344 g/mol. The molecule has 7 nitrogen and oxygen atoms in total. The van der Waals surface area contributed by atoms with Crippen molar-refractivity contribution in [2.45, 2.75) is 25.4 Å². The molecule has 27 heavy (non-hydrogen) atoms. The van der Waals surface area contributed by atoms with Gasteiger partial charge < -0.3 is 20.1 Å². The molecule has 3 heterocycles. The third kappa shape index (κ3) is 3.12. The summed E-state index contributed by atoms with van der Waals surface area (Å²) in [5.74, 6) is 1.42. The number of nitrogens with one attached hydrogen (secondary N) is 1. The molecule has 142 valence electrons. The van der Waals surface area contributed by atoms with Crippen LogP contribution >= 0.6 is 0 Å². The zero-order valence-corrected chi connectivity index (χ0v) is 15.4. The fourth-order valence-electron chi connectivity index (χ4n) is 4.13. The molecular formula is C20H24N4O3. The topological polar surface area (TPSA) is 87.6 Å². The number of para-hydroxylation sites is 1. The molecule has 2 saturated heterocycles. The number of hydrogen-bond donors (Lipinski definition) is 2. The Morgan fingerprint density at radius 2 is 2.11 bits per heavy atom. The molecule has 0 radical (unpaired) electrons. The second kappa shape index (κ2) is 7.15. The Balaban J connectivity index is 1.58. The summed E-state index contributed by atoms with van der Waals surface area (Å²) in [6, 6.07) is 11.5. The highest BCUT2D eigenvalue weighted by Crippen LogP contribution is 2.38. The normalized spacial score (nSPS) is 25.3. The van der Waals surface area contributed by atoms with E-state index >= 15 is 0 Å². The summed E-state index contributed by atoms with van der Waals surface area (Å²) in [4.78, 5) is 14.6. The number of amides is 1. The van der Waals surface area contributed by atoms with Crippen molar-refractivity contribution in [3.05, 3.63) is 36.4 Å². The predicted molar refractivity (Wildman–Crippen MR) is 102 cm³/mol. The Hall–Kier alpha value is -2.67. The highest BCUT2D eigenvalue weighted by Gasteiger charge is 2.50. The van der Waals surface area contributed by atoms with E-state index in [0.29, 0.717) is 32.5 Å². The Morgan fingerprint density at radius 3 is 2.85 bits per heavy atom. The molecule has 2 fully saturated rings. The Bertz CT molecular complexity index is 826. The molecule has 7 heteroatoms. The van der Waals surface area contributed by atoms with Crippen LogP contribution in [0.15, 0.2) is 36.4 Å². The number of methoxy groups -OCH3 is 1. The Kier molecular flexibility index (Phi) is 4.70. The van der Waals surface area contributed by atoms with Gasteiger partial charge >= 0.3 is 0 Å². The van der Waals surface area contributed by atoms with Crippen LogP contribution in [-0.2, 0) is 4.79 Å². The lowest BCUT2D eigenvalue weighted by molar-refractivity contribution is -0.142. The van der Waals surface area contributed by atoms with E-state index < -0.39 is 11.5 Å².